The average molecular weight is 460 g/mol. The number of amides is 2. The van der Waals surface area contributed by atoms with Gasteiger partial charge in [0, 0.05) is 19.5 Å². The molecule has 0 radical (unpaired) electrons. The monoisotopic (exact) mass is 459 g/mol. The third-order valence-corrected chi connectivity index (χ3v) is 6.66. The van der Waals surface area contributed by atoms with Gasteiger partial charge in [-0.25, -0.2) is 0 Å². The van der Waals surface area contributed by atoms with E-state index in [-0.39, 0.29) is 24.2 Å². The Hall–Kier alpha value is -2.61. The summed E-state index contributed by atoms with van der Waals surface area (Å²) in [7, 11) is 0. The number of carbonyl (C=O) groups is 3. The van der Waals surface area contributed by atoms with E-state index in [9.17, 15) is 19.5 Å². The van der Waals surface area contributed by atoms with Crippen molar-refractivity contribution in [1.82, 2.24) is 15.5 Å². The molecule has 3 rings (SSSR count). The molecule has 2 atom stereocenters. The van der Waals surface area contributed by atoms with Gasteiger partial charge in [0.25, 0.3) is 0 Å². The highest BCUT2D eigenvalue weighted by Gasteiger charge is 2.30. The van der Waals surface area contributed by atoms with Crippen LogP contribution in [-0.4, -0.2) is 60.6 Å². The Morgan fingerprint density at radius 1 is 1.18 bits per heavy atom. The quantitative estimate of drug-likeness (QED) is 0.497. The minimum absolute atomic E-state index is 0.125. The molecule has 0 bridgehead atoms. The number of ether oxygens (including phenoxy) is 1. The first kappa shape index (κ1) is 25.0. The van der Waals surface area contributed by atoms with E-state index in [1.165, 1.54) is 0 Å². The van der Waals surface area contributed by atoms with Gasteiger partial charge in [-0.1, -0.05) is 12.1 Å². The van der Waals surface area contributed by atoms with Gasteiger partial charge < -0.3 is 25.4 Å². The van der Waals surface area contributed by atoms with E-state index in [0.29, 0.717) is 44.2 Å². The first-order chi connectivity index (χ1) is 16.0. The number of carbonyl (C=O) groups excluding carboxylic acids is 2. The number of rotatable bonds is 10. The number of benzene rings is 1. The van der Waals surface area contributed by atoms with Crippen molar-refractivity contribution in [2.45, 2.75) is 57.9 Å². The van der Waals surface area contributed by atoms with Gasteiger partial charge in [0.05, 0.1) is 25.0 Å². The average Bonchev–Trinajstić information content (AvgIpc) is 2.83. The molecule has 2 heterocycles. The zero-order valence-electron chi connectivity index (χ0n) is 19.6. The van der Waals surface area contributed by atoms with Gasteiger partial charge >= 0.3 is 5.97 Å². The van der Waals surface area contributed by atoms with Crippen LogP contribution >= 0.6 is 0 Å². The molecule has 0 saturated carbocycles. The van der Waals surface area contributed by atoms with Crippen molar-refractivity contribution in [1.29, 1.82) is 0 Å². The Kier molecular flexibility index (Phi) is 9.54. The standard InChI is InChI=1S/C25H37N3O5/c1-2-33-21-8-6-19(7-9-21)22(16-24(30)31)27-25(32)20-4-3-15-28(17-20)23(29)10-5-18-11-13-26-14-12-18/h6-9,18,20,22,26H,2-5,10-17H2,1H3,(H,27,32)(H,30,31)/t20-,22+/m1/s1. The molecule has 182 valence electrons. The molecule has 8 nitrogen and oxygen atoms in total. The molecule has 2 saturated heterocycles. The van der Waals surface area contributed by atoms with Gasteiger partial charge in [-0.05, 0) is 75.7 Å². The summed E-state index contributed by atoms with van der Waals surface area (Å²) >= 11 is 0. The predicted octanol–water partition coefficient (Wildman–Crippen LogP) is 2.74. The summed E-state index contributed by atoms with van der Waals surface area (Å²) in [5.74, 6) is -0.0590. The van der Waals surface area contributed by atoms with Crippen molar-refractivity contribution in [2.75, 3.05) is 32.8 Å². The fourth-order valence-electron chi connectivity index (χ4n) is 4.75. The molecular weight excluding hydrogens is 422 g/mol. The number of hydrogen-bond acceptors (Lipinski definition) is 5. The summed E-state index contributed by atoms with van der Waals surface area (Å²) < 4.78 is 5.45. The lowest BCUT2D eigenvalue weighted by atomic mass is 9.92. The van der Waals surface area contributed by atoms with E-state index in [4.69, 9.17) is 4.74 Å². The molecule has 1 aromatic carbocycles. The second-order valence-electron chi connectivity index (χ2n) is 9.07. The lowest BCUT2D eigenvalue weighted by Gasteiger charge is -2.33. The summed E-state index contributed by atoms with van der Waals surface area (Å²) in [4.78, 5) is 39.0. The van der Waals surface area contributed by atoms with Crippen LogP contribution in [-0.2, 0) is 14.4 Å². The van der Waals surface area contributed by atoms with Crippen molar-refractivity contribution < 1.29 is 24.2 Å². The maximum absolute atomic E-state index is 13.0. The third-order valence-electron chi connectivity index (χ3n) is 6.66. The molecule has 0 aromatic heterocycles. The van der Waals surface area contributed by atoms with Crippen LogP contribution in [0.25, 0.3) is 0 Å². The minimum atomic E-state index is -0.979. The van der Waals surface area contributed by atoms with Gasteiger partial charge in [0.1, 0.15) is 5.75 Å². The topological polar surface area (TPSA) is 108 Å². The SMILES string of the molecule is CCOc1ccc([C@H](CC(=O)O)NC(=O)[C@@H]2CCCN(C(=O)CCC3CCNCC3)C2)cc1. The van der Waals surface area contributed by atoms with Crippen molar-refractivity contribution in [3.8, 4) is 5.75 Å². The highest BCUT2D eigenvalue weighted by molar-refractivity contribution is 5.82. The van der Waals surface area contributed by atoms with Crippen LogP contribution in [0.4, 0.5) is 0 Å². The van der Waals surface area contributed by atoms with Crippen LogP contribution in [0.1, 0.15) is 63.5 Å². The Balaban J connectivity index is 1.55. The molecule has 2 aliphatic heterocycles. The molecule has 2 fully saturated rings. The van der Waals surface area contributed by atoms with E-state index < -0.39 is 12.0 Å². The Bertz CT molecular complexity index is 792. The summed E-state index contributed by atoms with van der Waals surface area (Å²) in [6.07, 6.45) is 4.96. The number of nitrogens with zero attached hydrogens (tertiary/aromatic N) is 1. The van der Waals surface area contributed by atoms with E-state index in [2.05, 4.69) is 10.6 Å². The smallest absolute Gasteiger partial charge is 0.305 e. The minimum Gasteiger partial charge on any atom is -0.494 e. The van der Waals surface area contributed by atoms with Crippen LogP contribution in [0.2, 0.25) is 0 Å². The number of piperidine rings is 2. The molecule has 0 aliphatic carbocycles. The maximum atomic E-state index is 13.0. The number of hydrogen-bond donors (Lipinski definition) is 3. The summed E-state index contributed by atoms with van der Waals surface area (Å²) in [6.45, 7) is 5.58. The molecule has 2 aliphatic rings. The van der Waals surface area contributed by atoms with Gasteiger partial charge in [-0.3, -0.25) is 14.4 Å². The Labute approximate surface area is 196 Å². The first-order valence-electron chi connectivity index (χ1n) is 12.2. The lowest BCUT2D eigenvalue weighted by Crippen LogP contribution is -2.46. The second-order valence-corrected chi connectivity index (χ2v) is 9.07. The van der Waals surface area contributed by atoms with Crippen molar-refractivity contribution in [3.63, 3.8) is 0 Å². The van der Waals surface area contributed by atoms with Gasteiger partial charge in [0.15, 0.2) is 0 Å². The molecular formula is C25H37N3O5. The summed E-state index contributed by atoms with van der Waals surface area (Å²) in [5.41, 5.74) is 0.722. The summed E-state index contributed by atoms with van der Waals surface area (Å²) in [5, 5.41) is 15.6. The first-order valence-corrected chi connectivity index (χ1v) is 12.2. The zero-order valence-corrected chi connectivity index (χ0v) is 19.6. The molecule has 1 aromatic rings. The summed E-state index contributed by atoms with van der Waals surface area (Å²) in [6, 6.07) is 6.51. The highest BCUT2D eigenvalue weighted by Crippen LogP contribution is 2.24. The zero-order chi connectivity index (χ0) is 23.6. The molecule has 8 heteroatoms. The van der Waals surface area contributed by atoms with Crippen molar-refractivity contribution in [3.05, 3.63) is 29.8 Å². The number of aliphatic carboxylic acids is 1. The van der Waals surface area contributed by atoms with Crippen LogP contribution in [0.5, 0.6) is 5.75 Å². The van der Waals surface area contributed by atoms with Crippen molar-refractivity contribution in [2.24, 2.45) is 11.8 Å². The molecule has 0 unspecified atom stereocenters. The largest absolute Gasteiger partial charge is 0.494 e. The molecule has 33 heavy (non-hydrogen) atoms. The fourth-order valence-corrected chi connectivity index (χ4v) is 4.75. The second kappa shape index (κ2) is 12.6. The number of carboxylic acids is 1. The molecule has 2 amide bonds. The van der Waals surface area contributed by atoms with Gasteiger partial charge in [-0.2, -0.15) is 0 Å². The number of carboxylic acid groups (broad SMARTS) is 1. The Morgan fingerprint density at radius 3 is 2.58 bits per heavy atom. The lowest BCUT2D eigenvalue weighted by molar-refractivity contribution is -0.138. The molecule has 3 N–H and O–H groups in total. The normalized spacial score (nSPS) is 20.2. The number of nitrogens with one attached hydrogen (secondary N) is 2. The van der Waals surface area contributed by atoms with Crippen LogP contribution in [0.3, 0.4) is 0 Å². The molecule has 0 spiro atoms. The maximum Gasteiger partial charge on any atom is 0.305 e. The van der Waals surface area contributed by atoms with Gasteiger partial charge in [0.2, 0.25) is 11.8 Å². The third kappa shape index (κ3) is 7.74. The predicted molar refractivity (Wildman–Crippen MR) is 125 cm³/mol. The van der Waals surface area contributed by atoms with E-state index in [0.717, 1.165) is 44.3 Å². The fraction of sp³-hybridized carbons (Fsp3) is 0.640. The number of likely N-dealkylation sites (tertiary alicyclic amines) is 1. The Morgan fingerprint density at radius 2 is 1.91 bits per heavy atom. The van der Waals surface area contributed by atoms with E-state index in [1.807, 2.05) is 11.8 Å². The van der Waals surface area contributed by atoms with Crippen LogP contribution in [0, 0.1) is 11.8 Å². The van der Waals surface area contributed by atoms with Crippen LogP contribution < -0.4 is 15.4 Å². The van der Waals surface area contributed by atoms with E-state index >= 15 is 0 Å². The highest BCUT2D eigenvalue weighted by atomic mass is 16.5. The van der Waals surface area contributed by atoms with Crippen LogP contribution in [0.15, 0.2) is 24.3 Å². The van der Waals surface area contributed by atoms with Crippen molar-refractivity contribution >= 4 is 17.8 Å². The van der Waals surface area contributed by atoms with Gasteiger partial charge in [-0.15, -0.1) is 0 Å². The van der Waals surface area contributed by atoms with E-state index in [1.54, 1.807) is 24.3 Å².